The minimum Gasteiger partial charge on any atom is -0.431 e. The monoisotopic (exact) mass is 190 g/mol. The number of hydrogen-bond acceptors (Lipinski definition) is 2. The number of esters is 1. The minimum atomic E-state index is -0.298. The van der Waals surface area contributed by atoms with E-state index in [1.807, 2.05) is 32.0 Å². The smallest absolute Gasteiger partial charge is 0.343 e. The first-order chi connectivity index (χ1) is 6.75. The Morgan fingerprint density at radius 2 is 2.14 bits per heavy atom. The summed E-state index contributed by atoms with van der Waals surface area (Å²) < 4.78 is 4.93. The Morgan fingerprint density at radius 3 is 2.79 bits per heavy atom. The van der Waals surface area contributed by atoms with Crippen LogP contribution in [0.2, 0.25) is 0 Å². The zero-order valence-corrected chi connectivity index (χ0v) is 8.49. The molecule has 1 rings (SSSR count). The van der Waals surface area contributed by atoms with Crippen LogP contribution in [0, 0.1) is 6.92 Å². The lowest BCUT2D eigenvalue weighted by Crippen LogP contribution is -2.02. The van der Waals surface area contributed by atoms with E-state index in [2.05, 4.69) is 0 Å². The Bertz CT molecular complexity index is 340. The molecule has 1 aromatic rings. The van der Waals surface area contributed by atoms with Crippen LogP contribution in [0.15, 0.2) is 36.6 Å². The van der Waals surface area contributed by atoms with Crippen LogP contribution in [0.25, 0.3) is 0 Å². The van der Waals surface area contributed by atoms with Crippen molar-refractivity contribution in [2.75, 3.05) is 0 Å². The molecule has 0 heterocycles. The van der Waals surface area contributed by atoms with E-state index < -0.39 is 0 Å². The van der Waals surface area contributed by atoms with Gasteiger partial charge >= 0.3 is 5.97 Å². The van der Waals surface area contributed by atoms with Gasteiger partial charge in [0, 0.05) is 0 Å². The second-order valence-electron chi connectivity index (χ2n) is 3.00. The molecule has 2 heteroatoms. The maximum absolute atomic E-state index is 11.5. The molecule has 0 aromatic heterocycles. The summed E-state index contributed by atoms with van der Waals surface area (Å²) >= 11 is 0. The number of aryl methyl sites for hydroxylation is 1. The quantitative estimate of drug-likeness (QED) is 0.541. The first-order valence-corrected chi connectivity index (χ1v) is 4.67. The van der Waals surface area contributed by atoms with Gasteiger partial charge in [0.15, 0.2) is 0 Å². The molecule has 74 valence electrons. The van der Waals surface area contributed by atoms with Crippen molar-refractivity contribution in [2.45, 2.75) is 20.3 Å². The zero-order chi connectivity index (χ0) is 10.4. The van der Waals surface area contributed by atoms with Gasteiger partial charge in [0.05, 0.1) is 11.8 Å². The Morgan fingerprint density at radius 1 is 1.43 bits per heavy atom. The van der Waals surface area contributed by atoms with Gasteiger partial charge < -0.3 is 4.74 Å². The van der Waals surface area contributed by atoms with Gasteiger partial charge in [-0.2, -0.15) is 0 Å². The molecule has 0 unspecified atom stereocenters. The van der Waals surface area contributed by atoms with Crippen LogP contribution < -0.4 is 0 Å². The van der Waals surface area contributed by atoms with Crippen LogP contribution in [0.1, 0.15) is 29.3 Å². The molecule has 0 aliphatic heterocycles. The van der Waals surface area contributed by atoms with Crippen molar-refractivity contribution < 1.29 is 9.53 Å². The fourth-order valence-electron chi connectivity index (χ4n) is 1.07. The number of benzene rings is 1. The van der Waals surface area contributed by atoms with Gasteiger partial charge in [-0.15, -0.1) is 0 Å². The van der Waals surface area contributed by atoms with E-state index in [0.717, 1.165) is 12.0 Å². The highest BCUT2D eigenvalue weighted by molar-refractivity contribution is 5.91. The number of rotatable bonds is 3. The topological polar surface area (TPSA) is 26.3 Å². The molecule has 0 amide bonds. The third kappa shape index (κ3) is 2.73. The van der Waals surface area contributed by atoms with Gasteiger partial charge in [-0.25, -0.2) is 4.79 Å². The molecule has 0 bridgehead atoms. The number of carbonyl (C=O) groups is 1. The fourth-order valence-corrected chi connectivity index (χ4v) is 1.07. The number of ether oxygens (including phenoxy) is 1. The van der Waals surface area contributed by atoms with E-state index in [-0.39, 0.29) is 5.97 Å². The third-order valence-corrected chi connectivity index (χ3v) is 1.87. The van der Waals surface area contributed by atoms with Crippen molar-refractivity contribution in [2.24, 2.45) is 0 Å². The molecule has 2 nitrogen and oxygen atoms in total. The molecule has 14 heavy (non-hydrogen) atoms. The van der Waals surface area contributed by atoms with Crippen molar-refractivity contribution in [3.05, 3.63) is 47.7 Å². The van der Waals surface area contributed by atoms with Crippen LogP contribution >= 0.6 is 0 Å². The molecule has 0 aliphatic carbocycles. The number of allylic oxidation sites excluding steroid dienone is 1. The molecule has 0 spiro atoms. The summed E-state index contributed by atoms with van der Waals surface area (Å²) in [7, 11) is 0. The highest BCUT2D eigenvalue weighted by Crippen LogP contribution is 2.08. The lowest BCUT2D eigenvalue weighted by Gasteiger charge is -2.02. The second-order valence-corrected chi connectivity index (χ2v) is 3.00. The molecule has 0 atom stereocenters. The van der Waals surface area contributed by atoms with E-state index in [1.54, 1.807) is 12.1 Å². The predicted octanol–water partition coefficient (Wildman–Crippen LogP) is 3.08. The lowest BCUT2D eigenvalue weighted by molar-refractivity contribution is 0.0661. The normalized spacial score (nSPS) is 10.4. The summed E-state index contributed by atoms with van der Waals surface area (Å²) in [5, 5.41) is 0. The van der Waals surface area contributed by atoms with Crippen molar-refractivity contribution in [3.8, 4) is 0 Å². The van der Waals surface area contributed by atoms with Crippen LogP contribution in [-0.4, -0.2) is 5.97 Å². The van der Waals surface area contributed by atoms with Crippen LogP contribution in [0.4, 0.5) is 0 Å². The summed E-state index contributed by atoms with van der Waals surface area (Å²) in [6, 6.07) is 7.37. The van der Waals surface area contributed by atoms with Gasteiger partial charge in [-0.1, -0.05) is 25.1 Å². The SMILES string of the molecule is CCC=COC(=O)c1ccccc1C. The largest absolute Gasteiger partial charge is 0.431 e. The molecule has 0 aliphatic rings. The van der Waals surface area contributed by atoms with Gasteiger partial charge in [0.2, 0.25) is 0 Å². The fraction of sp³-hybridized carbons (Fsp3) is 0.250. The van der Waals surface area contributed by atoms with Crippen molar-refractivity contribution in [1.82, 2.24) is 0 Å². The maximum Gasteiger partial charge on any atom is 0.343 e. The Labute approximate surface area is 84.2 Å². The zero-order valence-electron chi connectivity index (χ0n) is 8.49. The standard InChI is InChI=1S/C12H14O2/c1-3-4-9-14-12(13)11-8-6-5-7-10(11)2/h4-9H,3H2,1-2H3. The highest BCUT2D eigenvalue weighted by atomic mass is 16.5. The van der Waals surface area contributed by atoms with Crippen molar-refractivity contribution in [3.63, 3.8) is 0 Å². The maximum atomic E-state index is 11.5. The Kier molecular flexibility index (Phi) is 3.92. The van der Waals surface area contributed by atoms with E-state index in [1.165, 1.54) is 6.26 Å². The van der Waals surface area contributed by atoms with Gasteiger partial charge in [0.25, 0.3) is 0 Å². The van der Waals surface area contributed by atoms with E-state index in [9.17, 15) is 4.79 Å². The minimum absolute atomic E-state index is 0.298. The molecular formula is C12H14O2. The molecule has 1 aromatic carbocycles. The Balaban J connectivity index is 2.70. The number of carbonyl (C=O) groups excluding carboxylic acids is 1. The average molecular weight is 190 g/mol. The van der Waals surface area contributed by atoms with Crippen LogP contribution in [0.5, 0.6) is 0 Å². The van der Waals surface area contributed by atoms with E-state index >= 15 is 0 Å². The third-order valence-electron chi connectivity index (χ3n) is 1.87. The molecule has 0 radical (unpaired) electrons. The predicted molar refractivity (Wildman–Crippen MR) is 56.0 cm³/mol. The molecular weight excluding hydrogens is 176 g/mol. The van der Waals surface area contributed by atoms with Gasteiger partial charge in [-0.05, 0) is 31.1 Å². The first-order valence-electron chi connectivity index (χ1n) is 4.67. The summed E-state index contributed by atoms with van der Waals surface area (Å²) in [5.74, 6) is -0.298. The first kappa shape index (κ1) is 10.5. The lowest BCUT2D eigenvalue weighted by atomic mass is 10.1. The average Bonchev–Trinajstić information content (AvgIpc) is 2.18. The molecule has 0 saturated heterocycles. The van der Waals surface area contributed by atoms with E-state index in [4.69, 9.17) is 4.74 Å². The summed E-state index contributed by atoms with van der Waals surface area (Å²) in [5.41, 5.74) is 1.55. The van der Waals surface area contributed by atoms with Gasteiger partial charge in [0.1, 0.15) is 0 Å². The Hall–Kier alpha value is -1.57. The van der Waals surface area contributed by atoms with Crippen molar-refractivity contribution >= 4 is 5.97 Å². The molecule has 0 saturated carbocycles. The highest BCUT2D eigenvalue weighted by Gasteiger charge is 2.07. The molecule has 0 N–H and O–H groups in total. The second kappa shape index (κ2) is 5.22. The molecule has 0 fully saturated rings. The summed E-state index contributed by atoms with van der Waals surface area (Å²) in [6.45, 7) is 3.87. The van der Waals surface area contributed by atoms with E-state index in [0.29, 0.717) is 5.56 Å². The summed E-state index contributed by atoms with van der Waals surface area (Å²) in [4.78, 5) is 11.5. The van der Waals surface area contributed by atoms with Crippen LogP contribution in [0.3, 0.4) is 0 Å². The number of hydrogen-bond donors (Lipinski definition) is 0. The van der Waals surface area contributed by atoms with Crippen molar-refractivity contribution in [1.29, 1.82) is 0 Å². The van der Waals surface area contributed by atoms with Crippen LogP contribution in [-0.2, 0) is 4.74 Å². The summed E-state index contributed by atoms with van der Waals surface area (Å²) in [6.07, 6.45) is 4.10. The van der Waals surface area contributed by atoms with Gasteiger partial charge in [-0.3, -0.25) is 0 Å².